The summed E-state index contributed by atoms with van der Waals surface area (Å²) in [5, 5.41) is 0.789. The lowest BCUT2D eigenvalue weighted by Crippen LogP contribution is -1.93. The molecule has 0 bridgehead atoms. The molecule has 0 aromatic heterocycles. The summed E-state index contributed by atoms with van der Waals surface area (Å²) in [6.07, 6.45) is 0.592. The van der Waals surface area contributed by atoms with Gasteiger partial charge in [0.05, 0.1) is 7.85 Å². The normalized spacial score (nSPS) is 9.00. The van der Waals surface area contributed by atoms with Gasteiger partial charge in [-0.15, -0.1) is 0 Å². The predicted octanol–water partition coefficient (Wildman–Crippen LogP) is 3.65. The van der Waals surface area contributed by atoms with Crippen LogP contribution in [0.4, 0.5) is 0 Å². The van der Waals surface area contributed by atoms with E-state index in [1.54, 1.807) is 0 Å². The largest absolute Gasteiger partial charge is 0.0843 e. The SMILES string of the molecule is CC.[B]Cc1c(C)cc(Cl)cc1C. The molecule has 2 heteroatoms. The molecule has 0 nitrogen and oxygen atoms in total. The Morgan fingerprint density at radius 1 is 1.15 bits per heavy atom. The third-order valence-electron chi connectivity index (χ3n) is 1.86. The van der Waals surface area contributed by atoms with Crippen LogP contribution in [0.2, 0.25) is 5.02 Å². The molecule has 0 aliphatic rings. The molecule has 0 saturated carbocycles. The molecule has 0 heterocycles. The zero-order valence-electron chi connectivity index (χ0n) is 8.82. The van der Waals surface area contributed by atoms with E-state index in [9.17, 15) is 0 Å². The van der Waals surface area contributed by atoms with Crippen LogP contribution < -0.4 is 0 Å². The van der Waals surface area contributed by atoms with E-state index in [-0.39, 0.29) is 0 Å². The van der Waals surface area contributed by atoms with Crippen molar-refractivity contribution in [3.05, 3.63) is 33.8 Å². The molecule has 0 aliphatic carbocycles. The standard InChI is InChI=1S/C9H10BCl.C2H6/c1-6-3-8(11)4-7(2)9(6)5-10;1-2/h3-4H,5H2,1-2H3;1-2H3. The lowest BCUT2D eigenvalue weighted by Gasteiger charge is -2.07. The smallest absolute Gasteiger partial charge is 0.0716 e. The fourth-order valence-corrected chi connectivity index (χ4v) is 1.59. The molecule has 2 radical (unpaired) electrons. The van der Waals surface area contributed by atoms with Crippen molar-refractivity contribution >= 4 is 19.4 Å². The van der Waals surface area contributed by atoms with E-state index in [0.717, 1.165) is 5.02 Å². The van der Waals surface area contributed by atoms with E-state index in [4.69, 9.17) is 19.4 Å². The van der Waals surface area contributed by atoms with E-state index in [2.05, 4.69) is 0 Å². The molecule has 0 fully saturated rings. The molecule has 1 rings (SSSR count). The lowest BCUT2D eigenvalue weighted by atomic mass is 9.90. The van der Waals surface area contributed by atoms with E-state index in [1.165, 1.54) is 16.7 Å². The molecule has 0 unspecified atom stereocenters. The predicted molar refractivity (Wildman–Crippen MR) is 61.7 cm³/mol. The molecule has 0 saturated heterocycles. The molecule has 1 aromatic rings. The van der Waals surface area contributed by atoms with Gasteiger partial charge in [0, 0.05) is 5.02 Å². The van der Waals surface area contributed by atoms with Gasteiger partial charge < -0.3 is 0 Å². The molecule has 0 aliphatic heterocycles. The van der Waals surface area contributed by atoms with E-state index in [0.29, 0.717) is 6.32 Å². The molecule has 1 aromatic carbocycles. The first-order valence-corrected chi connectivity index (χ1v) is 4.98. The second-order valence-electron chi connectivity index (χ2n) is 2.72. The second kappa shape index (κ2) is 6.09. The van der Waals surface area contributed by atoms with Crippen molar-refractivity contribution in [2.45, 2.75) is 34.0 Å². The van der Waals surface area contributed by atoms with Crippen LogP contribution in [0.1, 0.15) is 30.5 Å². The Morgan fingerprint density at radius 2 is 1.54 bits per heavy atom. The number of aryl methyl sites for hydroxylation is 2. The van der Waals surface area contributed by atoms with Gasteiger partial charge in [-0.2, -0.15) is 0 Å². The van der Waals surface area contributed by atoms with Crippen molar-refractivity contribution in [1.29, 1.82) is 0 Å². The first-order chi connectivity index (χ1) is 6.15. The fourth-order valence-electron chi connectivity index (χ4n) is 1.26. The molecule has 13 heavy (non-hydrogen) atoms. The third kappa shape index (κ3) is 3.44. The van der Waals surface area contributed by atoms with Crippen LogP contribution in [0, 0.1) is 13.8 Å². The van der Waals surface area contributed by atoms with E-state index >= 15 is 0 Å². The van der Waals surface area contributed by atoms with Crippen LogP contribution in [0.25, 0.3) is 0 Å². The van der Waals surface area contributed by atoms with Crippen LogP contribution in [0.15, 0.2) is 12.1 Å². The maximum absolute atomic E-state index is 5.84. The number of benzene rings is 1. The Hall–Kier alpha value is -0.425. The van der Waals surface area contributed by atoms with Gasteiger partial charge in [-0.3, -0.25) is 0 Å². The van der Waals surface area contributed by atoms with Crippen LogP contribution in [0.5, 0.6) is 0 Å². The van der Waals surface area contributed by atoms with Gasteiger partial charge in [-0.1, -0.05) is 37.3 Å². The highest BCUT2D eigenvalue weighted by Gasteiger charge is 2.00. The Kier molecular flexibility index (Phi) is 5.89. The Morgan fingerprint density at radius 3 is 1.85 bits per heavy atom. The van der Waals surface area contributed by atoms with Crippen molar-refractivity contribution in [2.24, 2.45) is 0 Å². The van der Waals surface area contributed by atoms with Crippen molar-refractivity contribution in [3.63, 3.8) is 0 Å². The molecular formula is C11H16BCl. The molecular weight excluding hydrogens is 178 g/mol. The van der Waals surface area contributed by atoms with Crippen LogP contribution >= 0.6 is 11.6 Å². The van der Waals surface area contributed by atoms with Crippen molar-refractivity contribution in [2.75, 3.05) is 0 Å². The Labute approximate surface area is 87.7 Å². The average molecular weight is 195 g/mol. The second-order valence-corrected chi connectivity index (χ2v) is 3.16. The number of hydrogen-bond donors (Lipinski definition) is 0. The minimum absolute atomic E-state index is 0.592. The first kappa shape index (κ1) is 12.6. The van der Waals surface area contributed by atoms with Crippen LogP contribution in [-0.2, 0) is 6.32 Å². The maximum atomic E-state index is 5.84. The van der Waals surface area contributed by atoms with Crippen LogP contribution in [-0.4, -0.2) is 7.85 Å². The molecule has 0 N–H and O–H groups in total. The van der Waals surface area contributed by atoms with Crippen LogP contribution in [0.3, 0.4) is 0 Å². The summed E-state index contributed by atoms with van der Waals surface area (Å²) in [6.45, 7) is 8.06. The zero-order valence-corrected chi connectivity index (χ0v) is 9.57. The quantitative estimate of drug-likeness (QED) is 0.599. The molecule has 70 valence electrons. The molecule has 0 amide bonds. The van der Waals surface area contributed by atoms with Gasteiger partial charge in [0.25, 0.3) is 0 Å². The number of rotatable bonds is 1. The molecule has 0 atom stereocenters. The van der Waals surface area contributed by atoms with Gasteiger partial charge in [0.2, 0.25) is 0 Å². The zero-order chi connectivity index (χ0) is 10.4. The Bertz CT molecular complexity index is 246. The summed E-state index contributed by atoms with van der Waals surface area (Å²) in [4.78, 5) is 0. The Balaban J connectivity index is 0.000000671. The maximum Gasteiger partial charge on any atom is 0.0716 e. The van der Waals surface area contributed by atoms with Crippen molar-refractivity contribution < 1.29 is 0 Å². The minimum Gasteiger partial charge on any atom is -0.0843 e. The first-order valence-electron chi connectivity index (χ1n) is 4.61. The highest BCUT2D eigenvalue weighted by Crippen LogP contribution is 2.19. The lowest BCUT2D eigenvalue weighted by molar-refractivity contribution is 1.23. The van der Waals surface area contributed by atoms with E-state index < -0.39 is 0 Å². The van der Waals surface area contributed by atoms with Crippen molar-refractivity contribution in [3.8, 4) is 0 Å². The summed E-state index contributed by atoms with van der Waals surface area (Å²) in [7, 11) is 5.56. The highest BCUT2D eigenvalue weighted by molar-refractivity contribution is 6.30. The summed E-state index contributed by atoms with van der Waals surface area (Å²) in [6, 6.07) is 3.88. The van der Waals surface area contributed by atoms with Gasteiger partial charge in [0.1, 0.15) is 0 Å². The van der Waals surface area contributed by atoms with Crippen molar-refractivity contribution in [1.82, 2.24) is 0 Å². The number of halogens is 1. The van der Waals surface area contributed by atoms with Gasteiger partial charge in [-0.05, 0) is 37.1 Å². The minimum atomic E-state index is 0.592. The highest BCUT2D eigenvalue weighted by atomic mass is 35.5. The summed E-state index contributed by atoms with van der Waals surface area (Å²) in [5.74, 6) is 0. The number of hydrogen-bond acceptors (Lipinski definition) is 0. The monoisotopic (exact) mass is 194 g/mol. The summed E-state index contributed by atoms with van der Waals surface area (Å²) >= 11 is 5.84. The summed E-state index contributed by atoms with van der Waals surface area (Å²) in [5.41, 5.74) is 3.56. The van der Waals surface area contributed by atoms with Gasteiger partial charge in [0.15, 0.2) is 0 Å². The topological polar surface area (TPSA) is 0 Å². The summed E-state index contributed by atoms with van der Waals surface area (Å²) < 4.78 is 0. The molecule has 0 spiro atoms. The van der Waals surface area contributed by atoms with Gasteiger partial charge in [-0.25, -0.2) is 0 Å². The average Bonchev–Trinajstić information content (AvgIpc) is 2.07. The van der Waals surface area contributed by atoms with Gasteiger partial charge >= 0.3 is 0 Å². The fraction of sp³-hybridized carbons (Fsp3) is 0.455. The third-order valence-corrected chi connectivity index (χ3v) is 2.08. The van der Waals surface area contributed by atoms with E-state index in [1.807, 2.05) is 39.8 Å².